The molecule has 8 heteroatoms. The fraction of sp³-hybridized carbons (Fsp3) is 0.824. The summed E-state index contributed by atoms with van der Waals surface area (Å²) in [4.78, 5) is 37.9. The van der Waals surface area contributed by atoms with Crippen molar-refractivity contribution in [3.8, 4) is 0 Å². The lowest BCUT2D eigenvalue weighted by Gasteiger charge is -2.30. The van der Waals surface area contributed by atoms with E-state index in [0.717, 1.165) is 43.7 Å². The van der Waals surface area contributed by atoms with Gasteiger partial charge in [0.1, 0.15) is 12.1 Å². The van der Waals surface area contributed by atoms with Crippen LogP contribution in [0.5, 0.6) is 0 Å². The van der Waals surface area contributed by atoms with E-state index in [9.17, 15) is 14.4 Å². The molecule has 1 saturated carbocycles. The highest BCUT2D eigenvalue weighted by atomic mass is 35.5. The van der Waals surface area contributed by atoms with Crippen LogP contribution in [0.25, 0.3) is 0 Å². The maximum Gasteiger partial charge on any atom is 0.325 e. The van der Waals surface area contributed by atoms with Crippen molar-refractivity contribution in [3.63, 3.8) is 0 Å². The van der Waals surface area contributed by atoms with Crippen molar-refractivity contribution in [2.24, 2.45) is 5.92 Å². The number of halogens is 1. The number of nitrogens with one attached hydrogen (secondary N) is 3. The van der Waals surface area contributed by atoms with Gasteiger partial charge in [-0.05, 0) is 51.1 Å². The molecule has 4 amide bonds. The molecular weight excluding hydrogens is 344 g/mol. The van der Waals surface area contributed by atoms with E-state index in [2.05, 4.69) is 16.0 Å². The third-order valence-corrected chi connectivity index (χ3v) is 5.53. The van der Waals surface area contributed by atoms with E-state index in [1.807, 2.05) is 0 Å². The second-order valence-electron chi connectivity index (χ2n) is 7.32. The molecule has 3 N–H and O–H groups in total. The molecule has 3 fully saturated rings. The molecule has 0 radical (unpaired) electrons. The van der Waals surface area contributed by atoms with Crippen molar-refractivity contribution >= 4 is 30.3 Å². The second kappa shape index (κ2) is 8.85. The summed E-state index contributed by atoms with van der Waals surface area (Å²) < 4.78 is 0. The number of amides is 4. The van der Waals surface area contributed by atoms with Gasteiger partial charge in [-0.15, -0.1) is 12.4 Å². The molecule has 1 unspecified atom stereocenters. The summed E-state index contributed by atoms with van der Waals surface area (Å²) in [5.41, 5.74) is -0.747. The number of hydrogen-bond donors (Lipinski definition) is 3. The zero-order valence-electron chi connectivity index (χ0n) is 14.6. The zero-order chi connectivity index (χ0) is 17.0. The minimum Gasteiger partial charge on any atom is -0.355 e. The Balaban J connectivity index is 0.00000225. The Morgan fingerprint density at radius 3 is 2.64 bits per heavy atom. The summed E-state index contributed by atoms with van der Waals surface area (Å²) in [7, 11) is 0. The van der Waals surface area contributed by atoms with Gasteiger partial charge < -0.3 is 16.0 Å². The topological polar surface area (TPSA) is 90.5 Å². The van der Waals surface area contributed by atoms with Crippen LogP contribution >= 0.6 is 12.4 Å². The average Bonchev–Trinajstić information content (AvgIpc) is 2.81. The molecule has 7 nitrogen and oxygen atoms in total. The normalized spacial score (nSPS) is 25.4. The minimum atomic E-state index is -0.747. The van der Waals surface area contributed by atoms with Gasteiger partial charge in [0.15, 0.2) is 0 Å². The van der Waals surface area contributed by atoms with Gasteiger partial charge in [0.05, 0.1) is 0 Å². The molecule has 2 heterocycles. The van der Waals surface area contributed by atoms with Crippen molar-refractivity contribution in [3.05, 3.63) is 0 Å². The van der Waals surface area contributed by atoms with Gasteiger partial charge in [0.25, 0.3) is 5.91 Å². The van der Waals surface area contributed by atoms with E-state index in [0.29, 0.717) is 25.3 Å². The molecule has 2 aliphatic heterocycles. The van der Waals surface area contributed by atoms with Crippen LogP contribution in [0.1, 0.15) is 51.4 Å². The molecule has 0 aromatic carbocycles. The third-order valence-electron chi connectivity index (χ3n) is 5.53. The molecular formula is C17H29ClN4O3. The number of hydrogen-bond acceptors (Lipinski definition) is 4. The summed E-state index contributed by atoms with van der Waals surface area (Å²) in [6.45, 7) is 2.51. The van der Waals surface area contributed by atoms with Crippen LogP contribution < -0.4 is 16.0 Å². The quantitative estimate of drug-likeness (QED) is 0.632. The smallest absolute Gasteiger partial charge is 0.325 e. The first-order valence-corrected chi connectivity index (χ1v) is 9.22. The minimum absolute atomic E-state index is 0. The fourth-order valence-electron chi connectivity index (χ4n) is 4.10. The molecule has 1 aliphatic carbocycles. The highest BCUT2D eigenvalue weighted by molar-refractivity contribution is 6.09. The van der Waals surface area contributed by atoms with Crippen molar-refractivity contribution < 1.29 is 14.4 Å². The Bertz CT molecular complexity index is 502. The van der Waals surface area contributed by atoms with E-state index >= 15 is 0 Å². The largest absolute Gasteiger partial charge is 0.355 e. The molecule has 0 aromatic rings. The van der Waals surface area contributed by atoms with Crippen LogP contribution in [0.3, 0.4) is 0 Å². The van der Waals surface area contributed by atoms with Crippen LogP contribution in [0.15, 0.2) is 0 Å². The molecule has 3 aliphatic rings. The van der Waals surface area contributed by atoms with Gasteiger partial charge >= 0.3 is 6.03 Å². The first-order chi connectivity index (χ1) is 11.6. The SMILES string of the molecule is Cl.O=C(CN1C(=O)NC2(CCCCC2)C1=O)NCCC1CCCNC1. The van der Waals surface area contributed by atoms with E-state index in [1.54, 1.807) is 0 Å². The van der Waals surface area contributed by atoms with Crippen molar-refractivity contribution in [2.75, 3.05) is 26.2 Å². The number of carbonyl (C=O) groups excluding carboxylic acids is 3. The fourth-order valence-corrected chi connectivity index (χ4v) is 4.10. The molecule has 1 atom stereocenters. The second-order valence-corrected chi connectivity index (χ2v) is 7.32. The van der Waals surface area contributed by atoms with Gasteiger partial charge in [-0.3, -0.25) is 14.5 Å². The number of piperidine rings is 1. The van der Waals surface area contributed by atoms with E-state index in [1.165, 1.54) is 12.8 Å². The molecule has 142 valence electrons. The number of nitrogens with zero attached hydrogens (tertiary/aromatic N) is 1. The van der Waals surface area contributed by atoms with E-state index in [-0.39, 0.29) is 30.8 Å². The van der Waals surface area contributed by atoms with Crippen LogP contribution in [-0.4, -0.2) is 54.5 Å². The zero-order valence-corrected chi connectivity index (χ0v) is 15.5. The highest BCUT2D eigenvalue weighted by Crippen LogP contribution is 2.33. The van der Waals surface area contributed by atoms with Gasteiger partial charge in [-0.1, -0.05) is 19.3 Å². The van der Waals surface area contributed by atoms with E-state index in [4.69, 9.17) is 0 Å². The predicted molar refractivity (Wildman–Crippen MR) is 96.5 cm³/mol. The van der Waals surface area contributed by atoms with Gasteiger partial charge in [-0.25, -0.2) is 4.79 Å². The molecule has 0 aromatic heterocycles. The Hall–Kier alpha value is -1.34. The van der Waals surface area contributed by atoms with Crippen molar-refractivity contribution in [1.82, 2.24) is 20.9 Å². The molecule has 3 rings (SSSR count). The third kappa shape index (κ3) is 4.64. The average molecular weight is 373 g/mol. The van der Waals surface area contributed by atoms with Crippen LogP contribution in [0, 0.1) is 5.92 Å². The Morgan fingerprint density at radius 1 is 1.20 bits per heavy atom. The van der Waals surface area contributed by atoms with Crippen molar-refractivity contribution in [1.29, 1.82) is 0 Å². The Kier molecular flexibility index (Phi) is 7.07. The maximum absolute atomic E-state index is 12.6. The highest BCUT2D eigenvalue weighted by Gasteiger charge is 2.51. The Morgan fingerprint density at radius 2 is 1.96 bits per heavy atom. The Labute approximate surface area is 155 Å². The van der Waals surface area contributed by atoms with Crippen LogP contribution in [0.2, 0.25) is 0 Å². The van der Waals surface area contributed by atoms with Crippen LogP contribution in [-0.2, 0) is 9.59 Å². The number of urea groups is 1. The maximum atomic E-state index is 12.6. The molecule has 1 spiro atoms. The van der Waals surface area contributed by atoms with Gasteiger partial charge in [-0.2, -0.15) is 0 Å². The predicted octanol–water partition coefficient (Wildman–Crippen LogP) is 1.17. The summed E-state index contributed by atoms with van der Waals surface area (Å²) in [6, 6.07) is -0.423. The monoisotopic (exact) mass is 372 g/mol. The number of imide groups is 1. The summed E-state index contributed by atoms with van der Waals surface area (Å²) >= 11 is 0. The van der Waals surface area contributed by atoms with E-state index < -0.39 is 11.6 Å². The molecule has 25 heavy (non-hydrogen) atoms. The molecule has 2 saturated heterocycles. The van der Waals surface area contributed by atoms with Crippen molar-refractivity contribution in [2.45, 2.75) is 56.9 Å². The molecule has 0 bridgehead atoms. The summed E-state index contributed by atoms with van der Waals surface area (Å²) in [6.07, 6.45) is 7.67. The number of rotatable bonds is 5. The lowest BCUT2D eigenvalue weighted by atomic mass is 9.82. The number of carbonyl (C=O) groups is 3. The lowest BCUT2D eigenvalue weighted by molar-refractivity contribution is -0.135. The first kappa shape index (κ1) is 20.0. The standard InChI is InChI=1S/C17H28N4O3.ClH/c22-14(19-10-6-13-5-4-9-18-11-13)12-21-15(23)17(20-16(21)24)7-2-1-3-8-17;/h13,18H,1-12H2,(H,19,22)(H,20,24);1H. The lowest BCUT2D eigenvalue weighted by Crippen LogP contribution is -2.49. The van der Waals surface area contributed by atoms with Gasteiger partial charge in [0.2, 0.25) is 5.91 Å². The summed E-state index contributed by atoms with van der Waals surface area (Å²) in [5.74, 6) is 0.121. The van der Waals surface area contributed by atoms with Gasteiger partial charge in [0, 0.05) is 6.54 Å². The summed E-state index contributed by atoms with van der Waals surface area (Å²) in [5, 5.41) is 9.04. The van der Waals surface area contributed by atoms with Crippen LogP contribution in [0.4, 0.5) is 4.79 Å². The first-order valence-electron chi connectivity index (χ1n) is 9.22.